The normalized spacial score (nSPS) is 22.9. The maximum absolute atomic E-state index is 6.56. The molecule has 3 heteroatoms. The first kappa shape index (κ1) is 18.2. The van der Waals surface area contributed by atoms with Crippen LogP contribution in [-0.4, -0.2) is 54.7 Å². The number of nitrogens with zero attached hydrogens (tertiary/aromatic N) is 2. The molecule has 3 nitrogen and oxygen atoms in total. The van der Waals surface area contributed by atoms with Gasteiger partial charge in [0.2, 0.25) is 0 Å². The van der Waals surface area contributed by atoms with Crippen LogP contribution in [0, 0.1) is 6.92 Å². The van der Waals surface area contributed by atoms with Crippen LogP contribution in [0.5, 0.6) is 5.75 Å². The number of aryl methyl sites for hydroxylation is 1. The Morgan fingerprint density at radius 3 is 2.29 bits per heavy atom. The molecule has 2 aromatic rings. The van der Waals surface area contributed by atoms with E-state index in [4.69, 9.17) is 4.74 Å². The number of rotatable bonds is 2. The fourth-order valence-corrected chi connectivity index (χ4v) is 5.29. The zero-order valence-electron chi connectivity index (χ0n) is 17.3. The summed E-state index contributed by atoms with van der Waals surface area (Å²) in [6, 6.07) is 16.4. The van der Waals surface area contributed by atoms with Crippen molar-refractivity contribution in [3.8, 4) is 16.9 Å². The predicted molar refractivity (Wildman–Crippen MR) is 115 cm³/mol. The summed E-state index contributed by atoms with van der Waals surface area (Å²) in [5.41, 5.74) is 5.35. The third-order valence-electron chi connectivity index (χ3n) is 7.20. The van der Waals surface area contributed by atoms with E-state index in [9.17, 15) is 0 Å². The average molecular weight is 377 g/mol. The SMILES string of the molecule is Cc1ccc(-c2ccc3c(c2)CC2(CCN(C4CCN(C)CC4)CC2)O3)cc1. The van der Waals surface area contributed by atoms with Gasteiger partial charge >= 0.3 is 0 Å². The third-order valence-corrected chi connectivity index (χ3v) is 7.20. The van der Waals surface area contributed by atoms with Crippen LogP contribution >= 0.6 is 0 Å². The van der Waals surface area contributed by atoms with Crippen LogP contribution in [0.3, 0.4) is 0 Å². The molecule has 5 rings (SSSR count). The lowest BCUT2D eigenvalue weighted by Gasteiger charge is -2.44. The van der Waals surface area contributed by atoms with E-state index < -0.39 is 0 Å². The fourth-order valence-electron chi connectivity index (χ4n) is 5.29. The van der Waals surface area contributed by atoms with Crippen LogP contribution < -0.4 is 4.74 Å². The summed E-state index contributed by atoms with van der Waals surface area (Å²) in [5.74, 6) is 1.11. The largest absolute Gasteiger partial charge is 0.487 e. The van der Waals surface area contributed by atoms with Crippen molar-refractivity contribution >= 4 is 0 Å². The van der Waals surface area contributed by atoms with Crippen LogP contribution in [0.15, 0.2) is 42.5 Å². The maximum Gasteiger partial charge on any atom is 0.123 e. The molecule has 148 valence electrons. The van der Waals surface area contributed by atoms with Gasteiger partial charge in [0.1, 0.15) is 11.4 Å². The van der Waals surface area contributed by atoms with Crippen molar-refractivity contribution in [2.45, 2.75) is 50.7 Å². The van der Waals surface area contributed by atoms with Gasteiger partial charge in [-0.05, 0) is 68.7 Å². The molecule has 2 fully saturated rings. The highest BCUT2D eigenvalue weighted by Crippen LogP contribution is 2.43. The summed E-state index contributed by atoms with van der Waals surface area (Å²) in [5, 5.41) is 0. The molecule has 3 aliphatic heterocycles. The van der Waals surface area contributed by atoms with Crippen molar-refractivity contribution in [3.63, 3.8) is 0 Å². The molecule has 0 bridgehead atoms. The van der Waals surface area contributed by atoms with Crippen LogP contribution in [0.4, 0.5) is 0 Å². The van der Waals surface area contributed by atoms with E-state index in [1.54, 1.807) is 0 Å². The molecule has 0 radical (unpaired) electrons. The van der Waals surface area contributed by atoms with Gasteiger partial charge in [-0.1, -0.05) is 35.9 Å². The van der Waals surface area contributed by atoms with Crippen LogP contribution in [0.1, 0.15) is 36.8 Å². The summed E-state index contributed by atoms with van der Waals surface area (Å²) in [7, 11) is 2.25. The Morgan fingerprint density at radius 2 is 1.57 bits per heavy atom. The number of likely N-dealkylation sites (tertiary alicyclic amines) is 2. The highest BCUT2D eigenvalue weighted by molar-refractivity contribution is 5.66. The average Bonchev–Trinajstić information content (AvgIpc) is 3.06. The van der Waals surface area contributed by atoms with Gasteiger partial charge in [0, 0.05) is 38.4 Å². The number of hydrogen-bond acceptors (Lipinski definition) is 3. The Kier molecular flexibility index (Phi) is 4.68. The van der Waals surface area contributed by atoms with Gasteiger partial charge in [-0.15, -0.1) is 0 Å². The Hall–Kier alpha value is -1.84. The van der Waals surface area contributed by atoms with Crippen LogP contribution in [0.2, 0.25) is 0 Å². The highest BCUT2D eigenvalue weighted by atomic mass is 16.5. The molecule has 0 saturated carbocycles. The molecule has 0 aromatic heterocycles. The van der Waals surface area contributed by atoms with Gasteiger partial charge in [-0.3, -0.25) is 4.90 Å². The molecule has 3 aliphatic rings. The predicted octanol–water partition coefficient (Wildman–Crippen LogP) is 4.53. The maximum atomic E-state index is 6.56. The first-order valence-corrected chi connectivity index (χ1v) is 10.9. The lowest BCUT2D eigenvalue weighted by molar-refractivity contribution is -0.00401. The van der Waals surface area contributed by atoms with Crippen molar-refractivity contribution < 1.29 is 4.74 Å². The molecule has 1 spiro atoms. The Balaban J connectivity index is 1.26. The monoisotopic (exact) mass is 376 g/mol. The first-order chi connectivity index (χ1) is 13.6. The number of benzene rings is 2. The number of ether oxygens (including phenoxy) is 1. The van der Waals surface area contributed by atoms with Crippen molar-refractivity contribution in [2.75, 3.05) is 33.2 Å². The summed E-state index contributed by atoms with van der Waals surface area (Å²) in [4.78, 5) is 5.20. The Bertz CT molecular complexity index is 828. The smallest absolute Gasteiger partial charge is 0.123 e. The van der Waals surface area contributed by atoms with Crippen molar-refractivity contribution in [3.05, 3.63) is 53.6 Å². The molecule has 0 N–H and O–H groups in total. The van der Waals surface area contributed by atoms with E-state index in [0.29, 0.717) is 0 Å². The van der Waals surface area contributed by atoms with Gasteiger partial charge in [0.05, 0.1) is 0 Å². The zero-order valence-corrected chi connectivity index (χ0v) is 17.3. The van der Waals surface area contributed by atoms with Crippen molar-refractivity contribution in [1.82, 2.24) is 9.80 Å². The summed E-state index contributed by atoms with van der Waals surface area (Å²) >= 11 is 0. The second-order valence-electron chi connectivity index (χ2n) is 9.22. The second kappa shape index (κ2) is 7.20. The molecule has 28 heavy (non-hydrogen) atoms. The van der Waals surface area contributed by atoms with Crippen molar-refractivity contribution in [1.29, 1.82) is 0 Å². The van der Waals surface area contributed by atoms with Gasteiger partial charge in [-0.25, -0.2) is 0 Å². The lowest BCUT2D eigenvalue weighted by Crippen LogP contribution is -2.52. The third kappa shape index (κ3) is 3.46. The van der Waals surface area contributed by atoms with E-state index >= 15 is 0 Å². The summed E-state index contributed by atoms with van der Waals surface area (Å²) in [6.07, 6.45) is 6.04. The Labute approximate surface area is 169 Å². The van der Waals surface area contributed by atoms with E-state index in [2.05, 4.69) is 66.2 Å². The molecule has 0 atom stereocenters. The van der Waals surface area contributed by atoms with Crippen LogP contribution in [-0.2, 0) is 6.42 Å². The van der Waals surface area contributed by atoms with E-state index in [1.165, 1.54) is 61.3 Å². The van der Waals surface area contributed by atoms with Crippen LogP contribution in [0.25, 0.3) is 11.1 Å². The summed E-state index contributed by atoms with van der Waals surface area (Å²) < 4.78 is 6.56. The number of hydrogen-bond donors (Lipinski definition) is 0. The zero-order chi connectivity index (χ0) is 19.1. The molecular formula is C25H32N2O. The Morgan fingerprint density at radius 1 is 0.893 bits per heavy atom. The van der Waals surface area contributed by atoms with Gasteiger partial charge in [-0.2, -0.15) is 0 Å². The van der Waals surface area contributed by atoms with Gasteiger partial charge in [0.15, 0.2) is 0 Å². The highest BCUT2D eigenvalue weighted by Gasteiger charge is 2.43. The number of piperidine rings is 2. The second-order valence-corrected chi connectivity index (χ2v) is 9.22. The molecule has 0 aliphatic carbocycles. The fraction of sp³-hybridized carbons (Fsp3) is 0.520. The molecule has 0 unspecified atom stereocenters. The molecular weight excluding hydrogens is 344 g/mol. The molecule has 3 heterocycles. The minimum atomic E-state index is 0.0379. The van der Waals surface area contributed by atoms with E-state index in [-0.39, 0.29) is 5.60 Å². The van der Waals surface area contributed by atoms with Crippen molar-refractivity contribution in [2.24, 2.45) is 0 Å². The standard InChI is InChI=1S/C25H32N2O/c1-19-3-5-20(6-4-19)21-7-8-24-22(17-21)18-25(28-24)11-15-27(16-12-25)23-9-13-26(2)14-10-23/h3-8,17,23H,9-16,18H2,1-2H3. The quantitative estimate of drug-likeness (QED) is 0.766. The number of fused-ring (bicyclic) bond motifs is 1. The minimum absolute atomic E-state index is 0.0379. The molecule has 0 amide bonds. The topological polar surface area (TPSA) is 15.7 Å². The van der Waals surface area contributed by atoms with E-state index in [1.807, 2.05) is 0 Å². The van der Waals surface area contributed by atoms with Gasteiger partial charge in [0.25, 0.3) is 0 Å². The molecule has 2 saturated heterocycles. The summed E-state index contributed by atoms with van der Waals surface area (Å²) in [6.45, 7) is 7.01. The van der Waals surface area contributed by atoms with E-state index in [0.717, 1.165) is 31.1 Å². The van der Waals surface area contributed by atoms with Gasteiger partial charge < -0.3 is 9.64 Å². The first-order valence-electron chi connectivity index (χ1n) is 10.9. The molecule has 2 aromatic carbocycles. The lowest BCUT2D eigenvalue weighted by atomic mass is 9.85. The minimum Gasteiger partial charge on any atom is -0.487 e.